The number of carboxylic acids is 1. The summed E-state index contributed by atoms with van der Waals surface area (Å²) in [5.74, 6) is -0.992. The lowest BCUT2D eigenvalue weighted by Gasteiger charge is -2.05. The van der Waals surface area contributed by atoms with Crippen molar-refractivity contribution >= 4 is 24.0 Å². The third-order valence-corrected chi connectivity index (χ3v) is 3.25. The minimum absolute atomic E-state index is 0.236. The Bertz CT molecular complexity index is 888. The quantitative estimate of drug-likeness (QED) is 0.326. The molecule has 2 rings (SSSR count). The second kappa shape index (κ2) is 21.8. The van der Waals surface area contributed by atoms with E-state index >= 15 is 0 Å². The highest BCUT2D eigenvalue weighted by Crippen LogP contribution is 2.07. The van der Waals surface area contributed by atoms with Gasteiger partial charge in [-0.3, -0.25) is 0 Å². The SMILES string of the molecule is C=C(C)C(=O)OC.C=CC(=O)O.C=CC(=O)OCCOc1ccccc1.C=Cc1ccccc1. The van der Waals surface area contributed by atoms with Gasteiger partial charge in [-0.2, -0.15) is 0 Å². The van der Waals surface area contributed by atoms with E-state index in [0.717, 1.165) is 17.9 Å². The zero-order valence-corrected chi connectivity index (χ0v) is 19.6. The van der Waals surface area contributed by atoms with Gasteiger partial charge < -0.3 is 19.3 Å². The molecule has 0 saturated heterocycles. The number of ether oxygens (including phenoxy) is 3. The van der Waals surface area contributed by atoms with Gasteiger partial charge in [0.25, 0.3) is 0 Å². The highest BCUT2D eigenvalue weighted by atomic mass is 16.6. The van der Waals surface area contributed by atoms with Crippen LogP contribution in [0.3, 0.4) is 0 Å². The van der Waals surface area contributed by atoms with E-state index in [1.807, 2.05) is 66.7 Å². The lowest BCUT2D eigenvalue weighted by molar-refractivity contribution is -0.138. The molecule has 2 aromatic rings. The van der Waals surface area contributed by atoms with Gasteiger partial charge in [-0.1, -0.05) is 80.9 Å². The van der Waals surface area contributed by atoms with Gasteiger partial charge in [0, 0.05) is 17.7 Å². The highest BCUT2D eigenvalue weighted by molar-refractivity contribution is 5.86. The third kappa shape index (κ3) is 20.9. The molecule has 0 fully saturated rings. The monoisotopic (exact) mass is 468 g/mol. The van der Waals surface area contributed by atoms with E-state index in [9.17, 15) is 14.4 Å². The van der Waals surface area contributed by atoms with Crippen molar-refractivity contribution in [2.24, 2.45) is 0 Å². The fourth-order valence-electron chi connectivity index (χ4n) is 1.64. The fourth-order valence-corrected chi connectivity index (χ4v) is 1.64. The lowest BCUT2D eigenvalue weighted by atomic mass is 10.2. The van der Waals surface area contributed by atoms with Gasteiger partial charge in [0.15, 0.2) is 0 Å². The van der Waals surface area contributed by atoms with Gasteiger partial charge in [-0.25, -0.2) is 14.4 Å². The Balaban J connectivity index is 0. The molecule has 0 aromatic heterocycles. The molecule has 0 unspecified atom stereocenters. The van der Waals surface area contributed by atoms with E-state index in [2.05, 4.69) is 31.1 Å². The average Bonchev–Trinajstić information content (AvgIpc) is 2.88. The van der Waals surface area contributed by atoms with Gasteiger partial charge in [0.1, 0.15) is 19.0 Å². The van der Waals surface area contributed by atoms with Crippen LogP contribution in [0.1, 0.15) is 12.5 Å². The topological polar surface area (TPSA) is 99.1 Å². The number of esters is 2. The van der Waals surface area contributed by atoms with Gasteiger partial charge in [-0.05, 0) is 24.6 Å². The standard InChI is InChI=1S/C11H12O3.C8H8.C5H8O2.C3H4O2/c1-2-11(12)14-9-8-13-10-6-4-3-5-7-10;1-2-8-6-4-3-5-7-8;1-4(2)5(6)7-3;1-2-3(4)5/h2-7H,1,8-9H2;2-7H,1H2;1H2,2-3H3;2H,1H2,(H,4,5). The van der Waals surface area contributed by atoms with Gasteiger partial charge in [0.2, 0.25) is 0 Å². The molecule has 0 atom stereocenters. The first-order chi connectivity index (χ1) is 16.2. The minimum atomic E-state index is -0.981. The van der Waals surface area contributed by atoms with Crippen LogP contribution in [0, 0.1) is 0 Å². The van der Waals surface area contributed by atoms with Crippen molar-refractivity contribution in [3.63, 3.8) is 0 Å². The second-order valence-electron chi connectivity index (χ2n) is 5.96. The van der Waals surface area contributed by atoms with Crippen LogP contribution >= 0.6 is 0 Å². The fraction of sp³-hybridized carbons (Fsp3) is 0.148. The molecule has 0 aliphatic rings. The lowest BCUT2D eigenvalue weighted by Crippen LogP contribution is -2.09. The number of carbonyl (C=O) groups excluding carboxylic acids is 2. The van der Waals surface area contributed by atoms with Crippen LogP contribution in [0.25, 0.3) is 6.08 Å². The first-order valence-electron chi connectivity index (χ1n) is 9.95. The number of para-hydroxylation sites is 1. The number of hydrogen-bond acceptors (Lipinski definition) is 6. The molecule has 2 aromatic carbocycles. The number of benzene rings is 2. The Kier molecular flexibility index (Phi) is 20.4. The van der Waals surface area contributed by atoms with Crippen molar-refractivity contribution in [1.29, 1.82) is 0 Å². The smallest absolute Gasteiger partial charge is 0.332 e. The van der Waals surface area contributed by atoms with Gasteiger partial charge >= 0.3 is 17.9 Å². The van der Waals surface area contributed by atoms with E-state index in [1.165, 1.54) is 12.7 Å². The predicted molar refractivity (Wildman–Crippen MR) is 134 cm³/mol. The molecule has 1 N–H and O–H groups in total. The summed E-state index contributed by atoms with van der Waals surface area (Å²) in [7, 11) is 1.33. The van der Waals surface area contributed by atoms with Crippen LogP contribution in [0.2, 0.25) is 0 Å². The van der Waals surface area contributed by atoms with Crippen LogP contribution in [-0.4, -0.2) is 43.3 Å². The van der Waals surface area contributed by atoms with Crippen molar-refractivity contribution in [3.8, 4) is 5.75 Å². The first-order valence-corrected chi connectivity index (χ1v) is 9.95. The zero-order valence-electron chi connectivity index (χ0n) is 19.6. The van der Waals surface area contributed by atoms with E-state index < -0.39 is 11.9 Å². The van der Waals surface area contributed by atoms with E-state index in [0.29, 0.717) is 12.2 Å². The molecule has 0 spiro atoms. The second-order valence-corrected chi connectivity index (χ2v) is 5.96. The molecular formula is C27H32O7. The summed E-state index contributed by atoms with van der Waals surface area (Å²) in [5.41, 5.74) is 1.61. The molecule has 0 amide bonds. The number of rotatable bonds is 8. The molecule has 7 nitrogen and oxygen atoms in total. The molecule has 182 valence electrons. The van der Waals surface area contributed by atoms with Crippen molar-refractivity contribution in [2.75, 3.05) is 20.3 Å². The Morgan fingerprint density at radius 2 is 1.38 bits per heavy atom. The zero-order chi connectivity index (χ0) is 26.2. The van der Waals surface area contributed by atoms with E-state index in [4.69, 9.17) is 14.6 Å². The van der Waals surface area contributed by atoms with Crippen molar-refractivity contribution in [2.45, 2.75) is 6.92 Å². The van der Waals surface area contributed by atoms with Crippen molar-refractivity contribution in [1.82, 2.24) is 0 Å². The van der Waals surface area contributed by atoms with Gasteiger partial charge in [-0.15, -0.1) is 0 Å². The van der Waals surface area contributed by atoms with Crippen molar-refractivity contribution < 1.29 is 33.7 Å². The maximum atomic E-state index is 10.6. The molecule has 7 heteroatoms. The summed E-state index contributed by atoms with van der Waals surface area (Å²) in [6.45, 7) is 15.4. The van der Waals surface area contributed by atoms with Crippen LogP contribution < -0.4 is 4.74 Å². The average molecular weight is 469 g/mol. The Morgan fingerprint density at radius 1 is 0.882 bits per heavy atom. The van der Waals surface area contributed by atoms with Crippen LogP contribution in [0.4, 0.5) is 0 Å². The normalized spacial score (nSPS) is 8.29. The third-order valence-electron chi connectivity index (χ3n) is 3.25. The largest absolute Gasteiger partial charge is 0.490 e. The number of aliphatic carboxylic acids is 1. The first kappa shape index (κ1) is 31.8. The molecule has 0 aliphatic heterocycles. The van der Waals surface area contributed by atoms with E-state index in [-0.39, 0.29) is 12.6 Å². The maximum absolute atomic E-state index is 10.6. The maximum Gasteiger partial charge on any atom is 0.332 e. The van der Waals surface area contributed by atoms with Gasteiger partial charge in [0.05, 0.1) is 7.11 Å². The number of carboxylic acid groups (broad SMARTS) is 1. The molecule has 0 radical (unpaired) electrons. The number of methoxy groups -OCH3 is 1. The molecule has 0 bridgehead atoms. The summed E-state index contributed by atoms with van der Waals surface area (Å²) in [4.78, 5) is 30.1. The summed E-state index contributed by atoms with van der Waals surface area (Å²) in [5, 5.41) is 7.60. The Morgan fingerprint density at radius 3 is 1.71 bits per heavy atom. The molecule has 0 saturated carbocycles. The van der Waals surface area contributed by atoms with Crippen LogP contribution in [-0.2, 0) is 23.9 Å². The highest BCUT2D eigenvalue weighted by Gasteiger charge is 1.96. The molecule has 34 heavy (non-hydrogen) atoms. The van der Waals surface area contributed by atoms with Crippen LogP contribution in [0.15, 0.2) is 105 Å². The summed E-state index contributed by atoms with van der Waals surface area (Å²) >= 11 is 0. The number of hydrogen-bond donors (Lipinski definition) is 1. The minimum Gasteiger partial charge on any atom is -0.490 e. The predicted octanol–water partition coefficient (Wildman–Crippen LogP) is 5.12. The van der Waals surface area contributed by atoms with Crippen molar-refractivity contribution in [3.05, 3.63) is 110 Å². The van der Waals surface area contributed by atoms with E-state index in [1.54, 1.807) is 6.92 Å². The summed E-state index contributed by atoms with van der Waals surface area (Å²) in [6, 6.07) is 19.4. The van der Waals surface area contributed by atoms with Crippen LogP contribution in [0.5, 0.6) is 5.75 Å². The Labute approximate surface area is 201 Å². The molecule has 0 heterocycles. The number of carbonyl (C=O) groups is 3. The molecular weight excluding hydrogens is 436 g/mol. The summed E-state index contributed by atoms with van der Waals surface area (Å²) < 4.78 is 14.3. The summed E-state index contributed by atoms with van der Waals surface area (Å²) in [6.07, 6.45) is 3.79. The molecule has 0 aliphatic carbocycles. The Hall–Kier alpha value is -4.39.